The Bertz CT molecular complexity index is 453. The molecule has 0 saturated heterocycles. The second-order valence-electron chi connectivity index (χ2n) is 2.70. The SMILES string of the molecule is O=C(Nc1nc(CCl)cs1)c1ccn[nH]1. The minimum atomic E-state index is -0.261. The quantitative estimate of drug-likeness (QED) is 0.807. The van der Waals surface area contributed by atoms with Crippen LogP contribution in [0.2, 0.25) is 0 Å². The lowest BCUT2D eigenvalue weighted by atomic mass is 10.4. The molecule has 2 aromatic rings. The van der Waals surface area contributed by atoms with E-state index in [1.54, 1.807) is 11.4 Å². The predicted octanol–water partition coefficient (Wildman–Crippen LogP) is 1.86. The maximum absolute atomic E-state index is 11.5. The van der Waals surface area contributed by atoms with Gasteiger partial charge in [0.1, 0.15) is 5.69 Å². The Morgan fingerprint density at radius 2 is 2.53 bits per heavy atom. The van der Waals surface area contributed by atoms with Crippen molar-refractivity contribution in [2.75, 3.05) is 5.32 Å². The van der Waals surface area contributed by atoms with Crippen LogP contribution in [-0.4, -0.2) is 21.1 Å². The van der Waals surface area contributed by atoms with E-state index in [4.69, 9.17) is 11.6 Å². The number of halogens is 1. The average Bonchev–Trinajstić information content (AvgIpc) is 2.87. The predicted molar refractivity (Wildman–Crippen MR) is 58.2 cm³/mol. The molecular weight excluding hydrogens is 236 g/mol. The molecule has 5 nitrogen and oxygen atoms in total. The molecule has 0 spiro atoms. The lowest BCUT2D eigenvalue weighted by molar-refractivity contribution is 0.102. The Labute approximate surface area is 94.5 Å². The van der Waals surface area contributed by atoms with Gasteiger partial charge in [0.15, 0.2) is 5.13 Å². The number of amides is 1. The first kappa shape index (κ1) is 10.1. The van der Waals surface area contributed by atoms with Crippen molar-refractivity contribution < 1.29 is 4.79 Å². The van der Waals surface area contributed by atoms with Crippen LogP contribution in [0.5, 0.6) is 0 Å². The number of hydrogen-bond donors (Lipinski definition) is 2. The van der Waals surface area contributed by atoms with E-state index in [0.29, 0.717) is 16.7 Å². The minimum Gasteiger partial charge on any atom is -0.297 e. The summed E-state index contributed by atoms with van der Waals surface area (Å²) >= 11 is 6.93. The Hall–Kier alpha value is -1.40. The van der Waals surface area contributed by atoms with Crippen LogP contribution in [0, 0.1) is 0 Å². The Morgan fingerprint density at radius 3 is 3.13 bits per heavy atom. The summed E-state index contributed by atoms with van der Waals surface area (Å²) in [6.45, 7) is 0. The topological polar surface area (TPSA) is 70.7 Å². The van der Waals surface area contributed by atoms with Crippen molar-refractivity contribution >= 4 is 34.0 Å². The third-order valence-corrected chi connectivity index (χ3v) is 2.73. The Balaban J connectivity index is 2.06. The van der Waals surface area contributed by atoms with Crippen LogP contribution in [0.1, 0.15) is 16.2 Å². The number of thiazole rings is 1. The van der Waals surface area contributed by atoms with Gasteiger partial charge in [-0.15, -0.1) is 22.9 Å². The molecule has 15 heavy (non-hydrogen) atoms. The molecule has 0 radical (unpaired) electrons. The number of H-pyrrole nitrogens is 1. The van der Waals surface area contributed by atoms with Crippen LogP contribution in [0.15, 0.2) is 17.6 Å². The first-order chi connectivity index (χ1) is 7.29. The van der Waals surface area contributed by atoms with Gasteiger partial charge in [0.25, 0.3) is 5.91 Å². The van der Waals surface area contributed by atoms with Crippen molar-refractivity contribution in [3.63, 3.8) is 0 Å². The average molecular weight is 243 g/mol. The van der Waals surface area contributed by atoms with Gasteiger partial charge < -0.3 is 0 Å². The maximum Gasteiger partial charge on any atom is 0.275 e. The van der Waals surface area contributed by atoms with Crippen LogP contribution in [0.25, 0.3) is 0 Å². The summed E-state index contributed by atoms with van der Waals surface area (Å²) in [5.41, 5.74) is 1.15. The van der Waals surface area contributed by atoms with E-state index in [0.717, 1.165) is 5.69 Å². The van der Waals surface area contributed by atoms with Gasteiger partial charge in [-0.05, 0) is 6.07 Å². The number of carbonyl (C=O) groups excluding carboxylic acids is 1. The third kappa shape index (κ3) is 2.34. The van der Waals surface area contributed by atoms with Gasteiger partial charge in [-0.1, -0.05) is 0 Å². The fourth-order valence-electron chi connectivity index (χ4n) is 0.973. The number of hydrogen-bond acceptors (Lipinski definition) is 4. The summed E-state index contributed by atoms with van der Waals surface area (Å²) in [5, 5.41) is 11.2. The highest BCUT2D eigenvalue weighted by Gasteiger charge is 2.09. The van der Waals surface area contributed by atoms with Crippen LogP contribution in [-0.2, 0) is 5.88 Å². The van der Waals surface area contributed by atoms with Crippen molar-refractivity contribution in [1.29, 1.82) is 0 Å². The van der Waals surface area contributed by atoms with Gasteiger partial charge in [-0.3, -0.25) is 15.2 Å². The molecule has 2 N–H and O–H groups in total. The summed E-state index contributed by atoms with van der Waals surface area (Å²) in [5.74, 6) is 0.0825. The number of aromatic nitrogens is 3. The lowest BCUT2D eigenvalue weighted by Crippen LogP contribution is -2.12. The number of rotatable bonds is 3. The standard InChI is InChI=1S/C8H7ClN4OS/c9-3-5-4-15-8(11-5)12-7(14)6-1-2-10-13-6/h1-2,4H,3H2,(H,10,13)(H,11,12,14). The molecule has 0 fully saturated rings. The van der Waals surface area contributed by atoms with E-state index in [-0.39, 0.29) is 5.91 Å². The van der Waals surface area contributed by atoms with Crippen molar-refractivity contribution in [3.8, 4) is 0 Å². The van der Waals surface area contributed by atoms with Gasteiger partial charge in [0.2, 0.25) is 0 Å². The van der Waals surface area contributed by atoms with Crippen LogP contribution in [0.4, 0.5) is 5.13 Å². The summed E-state index contributed by atoms with van der Waals surface area (Å²) < 4.78 is 0. The molecule has 0 aliphatic rings. The van der Waals surface area contributed by atoms with E-state index >= 15 is 0 Å². The highest BCUT2D eigenvalue weighted by Crippen LogP contribution is 2.17. The fourth-order valence-corrected chi connectivity index (χ4v) is 1.91. The van der Waals surface area contributed by atoms with Gasteiger partial charge in [-0.2, -0.15) is 5.10 Å². The van der Waals surface area contributed by atoms with Crippen LogP contribution >= 0.6 is 22.9 Å². The van der Waals surface area contributed by atoms with Crippen molar-refractivity contribution in [1.82, 2.24) is 15.2 Å². The zero-order valence-corrected chi connectivity index (χ0v) is 9.10. The maximum atomic E-state index is 11.5. The minimum absolute atomic E-state index is 0.261. The monoisotopic (exact) mass is 242 g/mol. The Morgan fingerprint density at radius 1 is 1.67 bits per heavy atom. The van der Waals surface area contributed by atoms with Gasteiger partial charge in [0, 0.05) is 11.6 Å². The first-order valence-corrected chi connectivity index (χ1v) is 5.52. The van der Waals surface area contributed by atoms with Gasteiger partial charge >= 0.3 is 0 Å². The van der Waals surface area contributed by atoms with E-state index in [1.807, 2.05) is 0 Å². The van der Waals surface area contributed by atoms with Crippen molar-refractivity contribution in [2.24, 2.45) is 0 Å². The molecule has 0 unspecified atom stereocenters. The second-order valence-corrected chi connectivity index (χ2v) is 3.83. The molecule has 0 aliphatic carbocycles. The van der Waals surface area contributed by atoms with Crippen LogP contribution < -0.4 is 5.32 Å². The van der Waals surface area contributed by atoms with Crippen molar-refractivity contribution in [3.05, 3.63) is 29.0 Å². The molecule has 0 saturated carbocycles. The number of aromatic amines is 1. The lowest BCUT2D eigenvalue weighted by Gasteiger charge is -1.97. The van der Waals surface area contributed by atoms with Gasteiger partial charge in [-0.25, -0.2) is 4.98 Å². The zero-order valence-electron chi connectivity index (χ0n) is 7.53. The molecule has 0 aromatic carbocycles. The third-order valence-electron chi connectivity index (χ3n) is 1.65. The molecule has 1 amide bonds. The molecule has 0 bridgehead atoms. The molecule has 2 heterocycles. The summed E-state index contributed by atoms with van der Waals surface area (Å²) in [6, 6.07) is 1.59. The smallest absolute Gasteiger partial charge is 0.275 e. The molecule has 2 aromatic heterocycles. The number of nitrogens with one attached hydrogen (secondary N) is 2. The van der Waals surface area contributed by atoms with Crippen molar-refractivity contribution in [2.45, 2.75) is 5.88 Å². The van der Waals surface area contributed by atoms with Gasteiger partial charge in [0.05, 0.1) is 11.6 Å². The van der Waals surface area contributed by atoms with E-state index in [9.17, 15) is 4.79 Å². The molecular formula is C8H7ClN4OS. The summed E-state index contributed by atoms with van der Waals surface area (Å²) in [4.78, 5) is 15.6. The first-order valence-electron chi connectivity index (χ1n) is 4.10. The number of nitrogens with zero attached hydrogens (tertiary/aromatic N) is 2. The fraction of sp³-hybridized carbons (Fsp3) is 0.125. The normalized spacial score (nSPS) is 10.2. The number of anilines is 1. The molecule has 78 valence electrons. The van der Waals surface area contributed by atoms with E-state index in [2.05, 4.69) is 20.5 Å². The second kappa shape index (κ2) is 4.41. The largest absolute Gasteiger partial charge is 0.297 e. The highest BCUT2D eigenvalue weighted by molar-refractivity contribution is 7.14. The zero-order chi connectivity index (χ0) is 10.7. The molecule has 7 heteroatoms. The highest BCUT2D eigenvalue weighted by atomic mass is 35.5. The Kier molecular flexibility index (Phi) is 2.98. The summed E-state index contributed by atoms with van der Waals surface area (Å²) in [7, 11) is 0. The van der Waals surface area contributed by atoms with E-state index in [1.165, 1.54) is 17.5 Å². The summed E-state index contributed by atoms with van der Waals surface area (Å²) in [6.07, 6.45) is 1.51. The molecule has 0 atom stereocenters. The van der Waals surface area contributed by atoms with Crippen LogP contribution in [0.3, 0.4) is 0 Å². The number of carbonyl (C=O) groups is 1. The number of alkyl halides is 1. The molecule has 0 aliphatic heterocycles. The molecule has 2 rings (SSSR count). The van der Waals surface area contributed by atoms with E-state index < -0.39 is 0 Å².